The number of fused-ring (bicyclic) bond motifs is 6. The molecule has 0 saturated carbocycles. The third-order valence-electron chi connectivity index (χ3n) is 16.6. The van der Waals surface area contributed by atoms with Crippen molar-refractivity contribution in [2.45, 2.75) is 89.3 Å². The van der Waals surface area contributed by atoms with Gasteiger partial charge in [0.25, 0.3) is 0 Å². The molecule has 0 radical (unpaired) electrons. The highest BCUT2D eigenvalue weighted by Crippen LogP contribution is 2.47. The Labute approximate surface area is 467 Å². The molecule has 10 aromatic carbocycles. The van der Waals surface area contributed by atoms with Crippen LogP contribution in [0.3, 0.4) is 0 Å². The predicted molar refractivity (Wildman–Crippen MR) is 330 cm³/mol. The van der Waals surface area contributed by atoms with E-state index in [4.69, 9.17) is 6.57 Å². The molecule has 6 heteroatoms. The van der Waals surface area contributed by atoms with Gasteiger partial charge >= 0.3 is 6.18 Å². The van der Waals surface area contributed by atoms with E-state index in [1.807, 2.05) is 12.1 Å². The van der Waals surface area contributed by atoms with Crippen molar-refractivity contribution in [1.29, 1.82) is 0 Å². The molecule has 2 heterocycles. The number of benzene rings is 10. The van der Waals surface area contributed by atoms with E-state index >= 15 is 13.2 Å². The van der Waals surface area contributed by atoms with E-state index in [1.54, 1.807) is 12.1 Å². The maximum absolute atomic E-state index is 15.4. The van der Waals surface area contributed by atoms with Gasteiger partial charge in [-0.2, -0.15) is 13.2 Å². The maximum Gasteiger partial charge on any atom is 0.416 e. The molecule has 0 atom stereocenters. The zero-order chi connectivity index (χ0) is 56.4. The van der Waals surface area contributed by atoms with Crippen LogP contribution in [0.4, 0.5) is 18.9 Å². The first kappa shape index (κ1) is 51.8. The summed E-state index contributed by atoms with van der Waals surface area (Å²) in [5.74, 6) is 0. The molecule has 0 saturated heterocycles. The van der Waals surface area contributed by atoms with E-state index in [1.165, 1.54) is 101 Å². The Hall–Kier alpha value is -8.92. The van der Waals surface area contributed by atoms with Crippen molar-refractivity contribution in [2.24, 2.45) is 0 Å². The molecule has 0 aliphatic carbocycles. The fraction of sp³-hybridized carbons (Fsp3) is 0.176. The van der Waals surface area contributed by atoms with Gasteiger partial charge < -0.3 is 9.13 Å². The molecule has 2 aromatic heterocycles. The fourth-order valence-electron chi connectivity index (χ4n) is 13.9. The summed E-state index contributed by atoms with van der Waals surface area (Å²) in [6, 6.07) is 53.5. The summed E-state index contributed by atoms with van der Waals surface area (Å²) in [6.07, 6.45) is -4.65. The molecular formula is C74H62F3N3. The maximum atomic E-state index is 15.4. The second-order valence-electron chi connectivity index (χ2n) is 22.7. The third-order valence-corrected chi connectivity index (χ3v) is 16.6. The number of hydrogen-bond acceptors (Lipinski definition) is 0. The van der Waals surface area contributed by atoms with E-state index < -0.39 is 11.7 Å². The number of nitrogens with zero attached hydrogens (tertiary/aromatic N) is 3. The lowest BCUT2D eigenvalue weighted by Crippen LogP contribution is -2.08. The molecule has 3 nitrogen and oxygen atoms in total. The lowest BCUT2D eigenvalue weighted by molar-refractivity contribution is -0.137. The summed E-state index contributed by atoms with van der Waals surface area (Å²) in [7, 11) is 0. The number of alkyl halides is 3. The van der Waals surface area contributed by atoms with Gasteiger partial charge in [-0.1, -0.05) is 107 Å². The molecule has 0 aliphatic heterocycles. The van der Waals surface area contributed by atoms with Crippen molar-refractivity contribution in [3.8, 4) is 67.0 Å². The minimum Gasteiger partial charge on any atom is -0.310 e. The van der Waals surface area contributed by atoms with Gasteiger partial charge in [-0.3, -0.25) is 0 Å². The van der Waals surface area contributed by atoms with E-state index in [0.29, 0.717) is 28.2 Å². The summed E-state index contributed by atoms with van der Waals surface area (Å²) >= 11 is 0. The van der Waals surface area contributed by atoms with Crippen LogP contribution in [0.1, 0.15) is 72.3 Å². The molecule has 394 valence electrons. The standard InChI is InChI=1S/C74H62F3N3/c1-40-26-44(5)70(45(6)27-40)52-14-21-64-59(34-52)60-35-53(71-46(7)28-41(2)29-47(71)8)15-22-65(60)79(64)68-25-18-56(74(75,76)77)38-63(68)58-20-19-57(78-13)39-69(58)80-66-23-16-54(72-48(9)30-42(3)31-49(72)10)36-61(66)62-37-55(17-24-67(62)80)73-50(11)32-43(4)33-51(73)12/h14-39H,1-12H3. The monoisotopic (exact) mass is 1050 g/mol. The Morgan fingerprint density at radius 3 is 0.938 bits per heavy atom. The number of aryl methyl sites for hydroxylation is 12. The van der Waals surface area contributed by atoms with Crippen LogP contribution in [-0.2, 0) is 6.18 Å². The van der Waals surface area contributed by atoms with Crippen molar-refractivity contribution < 1.29 is 13.2 Å². The molecule has 0 fully saturated rings. The first-order valence-electron chi connectivity index (χ1n) is 27.4. The SMILES string of the molecule is [C-]#[N+]c1ccc(-c2cc(C(F)(F)F)ccc2-n2c3ccc(-c4c(C)cc(C)cc4C)cc3c3cc(-c4c(C)cc(C)cc4C)ccc32)c(-n2c3ccc(-c4c(C)cc(C)cc4C)cc3c3cc(-c4c(C)cc(C)cc4C)ccc32)c1. The van der Waals surface area contributed by atoms with Crippen LogP contribution in [0.15, 0.2) is 158 Å². The lowest BCUT2D eigenvalue weighted by Gasteiger charge is -2.21. The average molecular weight is 1050 g/mol. The molecular weight excluding hydrogens is 988 g/mol. The molecule has 80 heavy (non-hydrogen) atoms. The topological polar surface area (TPSA) is 14.2 Å². The van der Waals surface area contributed by atoms with Crippen molar-refractivity contribution in [2.75, 3.05) is 0 Å². The van der Waals surface area contributed by atoms with Crippen LogP contribution in [0.5, 0.6) is 0 Å². The summed E-state index contributed by atoms with van der Waals surface area (Å²) in [6.45, 7) is 34.1. The van der Waals surface area contributed by atoms with E-state index in [2.05, 4.69) is 218 Å². The summed E-state index contributed by atoms with van der Waals surface area (Å²) < 4.78 is 50.6. The highest BCUT2D eigenvalue weighted by Gasteiger charge is 2.33. The minimum atomic E-state index is -4.65. The molecule has 0 N–H and O–H groups in total. The Kier molecular flexibility index (Phi) is 12.4. The van der Waals surface area contributed by atoms with Gasteiger partial charge in [-0.05, 0) is 245 Å². The predicted octanol–water partition coefficient (Wildman–Crippen LogP) is 21.5. The van der Waals surface area contributed by atoms with Gasteiger partial charge in [0, 0.05) is 38.4 Å². The van der Waals surface area contributed by atoms with Crippen molar-refractivity contribution >= 4 is 49.3 Å². The second kappa shape index (κ2) is 19.2. The van der Waals surface area contributed by atoms with E-state index in [0.717, 1.165) is 65.9 Å². The van der Waals surface area contributed by atoms with Crippen LogP contribution in [0, 0.1) is 89.7 Å². The number of aromatic nitrogens is 2. The third kappa shape index (κ3) is 8.59. The first-order valence-corrected chi connectivity index (χ1v) is 27.4. The number of halogens is 3. The van der Waals surface area contributed by atoms with Gasteiger partial charge in [0.1, 0.15) is 0 Å². The van der Waals surface area contributed by atoms with Crippen LogP contribution < -0.4 is 0 Å². The van der Waals surface area contributed by atoms with Gasteiger partial charge in [-0.25, -0.2) is 4.85 Å². The van der Waals surface area contributed by atoms with Gasteiger partial charge in [-0.15, -0.1) is 0 Å². The lowest BCUT2D eigenvalue weighted by atomic mass is 9.91. The Bertz CT molecular complexity index is 4340. The average Bonchev–Trinajstić information content (AvgIpc) is 4.14. The first-order chi connectivity index (χ1) is 38.2. The summed E-state index contributed by atoms with van der Waals surface area (Å²) in [5, 5.41) is 3.97. The molecule has 0 unspecified atom stereocenters. The Balaban J connectivity index is 1.17. The molecule has 12 rings (SSSR count). The largest absolute Gasteiger partial charge is 0.416 e. The summed E-state index contributed by atoms with van der Waals surface area (Å²) in [4.78, 5) is 3.96. The molecule has 0 amide bonds. The van der Waals surface area contributed by atoms with Crippen molar-refractivity contribution in [3.05, 3.63) is 241 Å². The van der Waals surface area contributed by atoms with Gasteiger partial charge in [0.2, 0.25) is 0 Å². The smallest absolute Gasteiger partial charge is 0.310 e. The van der Waals surface area contributed by atoms with E-state index in [9.17, 15) is 0 Å². The summed E-state index contributed by atoms with van der Waals surface area (Å²) in [5.41, 5.74) is 28.4. The van der Waals surface area contributed by atoms with Gasteiger partial charge in [0.05, 0.1) is 39.9 Å². The van der Waals surface area contributed by atoms with Crippen molar-refractivity contribution in [3.63, 3.8) is 0 Å². The minimum absolute atomic E-state index is 0.373. The molecule has 0 aliphatic rings. The second-order valence-corrected chi connectivity index (χ2v) is 22.7. The normalized spacial score (nSPS) is 11.9. The Morgan fingerprint density at radius 1 is 0.325 bits per heavy atom. The number of hydrogen-bond donors (Lipinski definition) is 0. The zero-order valence-corrected chi connectivity index (χ0v) is 47.5. The Morgan fingerprint density at radius 2 is 0.637 bits per heavy atom. The molecule has 12 aromatic rings. The quantitative estimate of drug-likeness (QED) is 0.141. The van der Waals surface area contributed by atoms with Crippen LogP contribution >= 0.6 is 0 Å². The van der Waals surface area contributed by atoms with Crippen LogP contribution in [-0.4, -0.2) is 9.13 Å². The van der Waals surface area contributed by atoms with E-state index in [-0.39, 0.29) is 0 Å². The van der Waals surface area contributed by atoms with Crippen LogP contribution in [0.25, 0.3) is 115 Å². The zero-order valence-electron chi connectivity index (χ0n) is 47.5. The highest BCUT2D eigenvalue weighted by molar-refractivity contribution is 6.14. The van der Waals surface area contributed by atoms with Crippen molar-refractivity contribution in [1.82, 2.24) is 9.13 Å². The number of rotatable bonds is 7. The fourth-order valence-corrected chi connectivity index (χ4v) is 13.9. The molecule has 0 spiro atoms. The van der Waals surface area contributed by atoms with Gasteiger partial charge in [0.15, 0.2) is 5.69 Å². The van der Waals surface area contributed by atoms with Crippen LogP contribution in [0.2, 0.25) is 0 Å². The molecule has 0 bridgehead atoms. The highest BCUT2D eigenvalue weighted by atomic mass is 19.4.